The molecule has 1 aromatic rings. The highest BCUT2D eigenvalue weighted by molar-refractivity contribution is 6.06. The zero-order valence-corrected chi connectivity index (χ0v) is 13.9. The second-order valence-electron chi connectivity index (χ2n) is 6.49. The summed E-state index contributed by atoms with van der Waals surface area (Å²) in [5, 5.41) is 10.3. The van der Waals surface area contributed by atoms with E-state index < -0.39 is 5.54 Å². The van der Waals surface area contributed by atoms with Gasteiger partial charge in [0, 0.05) is 25.3 Å². The zero-order chi connectivity index (χ0) is 16.5. The van der Waals surface area contributed by atoms with Gasteiger partial charge in [0.15, 0.2) is 0 Å². The number of hydrogen-bond acceptors (Lipinski definition) is 4. The first-order valence-electron chi connectivity index (χ1n) is 7.60. The lowest BCUT2D eigenvalue weighted by atomic mass is 10.1. The average Bonchev–Trinajstić information content (AvgIpc) is 2.94. The molecule has 22 heavy (non-hydrogen) atoms. The summed E-state index contributed by atoms with van der Waals surface area (Å²) in [5.41, 5.74) is 0.323. The van der Waals surface area contributed by atoms with Crippen molar-refractivity contribution < 1.29 is 9.59 Å². The lowest BCUT2D eigenvalue weighted by Gasteiger charge is -2.23. The number of nitrogens with zero attached hydrogens (tertiary/aromatic N) is 3. The van der Waals surface area contributed by atoms with Gasteiger partial charge in [-0.2, -0.15) is 5.10 Å². The molecule has 7 nitrogen and oxygen atoms in total. The Kier molecular flexibility index (Phi) is 4.55. The Morgan fingerprint density at radius 1 is 1.36 bits per heavy atom. The summed E-state index contributed by atoms with van der Waals surface area (Å²) in [6, 6.07) is 0.0431. The molecule has 0 saturated carbocycles. The normalized spacial score (nSPS) is 20.1. The predicted octanol–water partition coefficient (Wildman–Crippen LogP) is 1.06. The summed E-state index contributed by atoms with van der Waals surface area (Å²) in [6.07, 6.45) is 3.83. The van der Waals surface area contributed by atoms with E-state index in [2.05, 4.69) is 29.6 Å². The third-order valence-corrected chi connectivity index (χ3v) is 4.12. The SMILES string of the molecule is Cc1cnn([C@@H](C)[C@H](C)NCCN2C(=O)NC(C)(C)C2=O)c1. The topological polar surface area (TPSA) is 79.3 Å². The number of carbonyl (C=O) groups excluding carboxylic acids is 2. The van der Waals surface area contributed by atoms with Crippen LogP contribution in [0.25, 0.3) is 0 Å². The summed E-state index contributed by atoms with van der Waals surface area (Å²) in [6.45, 7) is 10.5. The summed E-state index contributed by atoms with van der Waals surface area (Å²) < 4.78 is 1.92. The fourth-order valence-electron chi connectivity index (χ4n) is 2.48. The number of hydrogen-bond donors (Lipinski definition) is 2. The van der Waals surface area contributed by atoms with Gasteiger partial charge in [-0.05, 0) is 40.2 Å². The summed E-state index contributed by atoms with van der Waals surface area (Å²) >= 11 is 0. The molecule has 0 spiro atoms. The maximum Gasteiger partial charge on any atom is 0.325 e. The Morgan fingerprint density at radius 2 is 2.05 bits per heavy atom. The van der Waals surface area contributed by atoms with E-state index in [4.69, 9.17) is 0 Å². The van der Waals surface area contributed by atoms with Crippen molar-refractivity contribution >= 4 is 11.9 Å². The number of imide groups is 1. The standard InChI is InChI=1S/C15H25N5O2/c1-10-8-17-20(9-10)12(3)11(2)16-6-7-19-13(21)15(4,5)18-14(19)22/h8-9,11-12,16H,6-7H2,1-5H3,(H,18,22)/t11-,12-/m0/s1. The Bertz CT molecular complexity index is 566. The van der Waals surface area contributed by atoms with E-state index in [0.717, 1.165) is 5.56 Å². The van der Waals surface area contributed by atoms with Crippen molar-refractivity contribution in [3.05, 3.63) is 18.0 Å². The first kappa shape index (κ1) is 16.5. The number of carbonyl (C=O) groups is 2. The Morgan fingerprint density at radius 3 is 2.55 bits per heavy atom. The van der Waals surface area contributed by atoms with Gasteiger partial charge in [0.2, 0.25) is 0 Å². The molecule has 1 saturated heterocycles. The molecule has 2 atom stereocenters. The van der Waals surface area contributed by atoms with Gasteiger partial charge in [-0.1, -0.05) is 0 Å². The number of nitrogens with one attached hydrogen (secondary N) is 2. The van der Waals surface area contributed by atoms with Crippen LogP contribution < -0.4 is 10.6 Å². The maximum absolute atomic E-state index is 12.1. The third-order valence-electron chi connectivity index (χ3n) is 4.12. The molecule has 3 amide bonds. The molecule has 0 aliphatic carbocycles. The molecule has 1 aromatic heterocycles. The molecule has 2 rings (SSSR count). The van der Waals surface area contributed by atoms with Gasteiger partial charge >= 0.3 is 6.03 Å². The van der Waals surface area contributed by atoms with E-state index in [1.54, 1.807) is 13.8 Å². The van der Waals surface area contributed by atoms with Crippen molar-refractivity contribution in [2.24, 2.45) is 0 Å². The van der Waals surface area contributed by atoms with Gasteiger partial charge in [-0.25, -0.2) is 4.79 Å². The number of rotatable bonds is 6. The summed E-state index contributed by atoms with van der Waals surface area (Å²) in [5.74, 6) is -0.178. The first-order valence-corrected chi connectivity index (χ1v) is 7.60. The molecule has 1 aliphatic rings. The largest absolute Gasteiger partial charge is 0.325 e. The monoisotopic (exact) mass is 307 g/mol. The number of aromatic nitrogens is 2. The van der Waals surface area contributed by atoms with Gasteiger partial charge in [0.25, 0.3) is 5.91 Å². The average molecular weight is 307 g/mol. The van der Waals surface area contributed by atoms with E-state index in [1.807, 2.05) is 24.0 Å². The van der Waals surface area contributed by atoms with Gasteiger partial charge in [-0.15, -0.1) is 0 Å². The van der Waals surface area contributed by atoms with Gasteiger partial charge in [-0.3, -0.25) is 14.4 Å². The molecule has 1 aliphatic heterocycles. The lowest BCUT2D eigenvalue weighted by Crippen LogP contribution is -2.43. The van der Waals surface area contributed by atoms with Crippen molar-refractivity contribution in [2.45, 2.75) is 52.2 Å². The number of aryl methyl sites for hydroxylation is 1. The number of amides is 3. The highest BCUT2D eigenvalue weighted by atomic mass is 16.2. The molecule has 0 radical (unpaired) electrons. The van der Waals surface area contributed by atoms with Gasteiger partial charge in [0.1, 0.15) is 5.54 Å². The Labute approximate surface area is 131 Å². The van der Waals surface area contributed by atoms with E-state index in [-0.39, 0.29) is 24.0 Å². The predicted molar refractivity (Wildman–Crippen MR) is 83.5 cm³/mol. The van der Waals surface area contributed by atoms with E-state index in [1.165, 1.54) is 4.90 Å². The second-order valence-corrected chi connectivity index (χ2v) is 6.49. The zero-order valence-electron chi connectivity index (χ0n) is 13.9. The number of urea groups is 1. The second kappa shape index (κ2) is 6.08. The van der Waals surface area contributed by atoms with Crippen LogP contribution in [0.4, 0.5) is 4.79 Å². The Balaban J connectivity index is 1.83. The minimum Gasteiger partial charge on any atom is -0.324 e. The van der Waals surface area contributed by atoms with Crippen LogP contribution in [0.15, 0.2) is 12.4 Å². The maximum atomic E-state index is 12.1. The van der Waals surface area contributed by atoms with Crippen LogP contribution in [-0.2, 0) is 4.79 Å². The molecule has 0 unspecified atom stereocenters. The van der Waals surface area contributed by atoms with Crippen molar-refractivity contribution in [1.82, 2.24) is 25.3 Å². The Hall–Kier alpha value is -1.89. The fourth-order valence-corrected chi connectivity index (χ4v) is 2.48. The molecular formula is C15H25N5O2. The van der Waals surface area contributed by atoms with Crippen molar-refractivity contribution in [3.8, 4) is 0 Å². The van der Waals surface area contributed by atoms with Crippen molar-refractivity contribution in [3.63, 3.8) is 0 Å². The molecular weight excluding hydrogens is 282 g/mol. The third kappa shape index (κ3) is 3.30. The molecule has 122 valence electrons. The van der Waals surface area contributed by atoms with Crippen LogP contribution in [0, 0.1) is 6.92 Å². The molecule has 7 heteroatoms. The quantitative estimate of drug-likeness (QED) is 0.770. The van der Waals surface area contributed by atoms with Crippen LogP contribution in [0.3, 0.4) is 0 Å². The highest BCUT2D eigenvalue weighted by Crippen LogP contribution is 2.16. The van der Waals surface area contributed by atoms with Gasteiger partial charge in [0.05, 0.1) is 12.2 Å². The highest BCUT2D eigenvalue weighted by Gasteiger charge is 2.43. The van der Waals surface area contributed by atoms with Crippen molar-refractivity contribution in [2.75, 3.05) is 13.1 Å². The van der Waals surface area contributed by atoms with Crippen LogP contribution >= 0.6 is 0 Å². The van der Waals surface area contributed by atoms with Crippen molar-refractivity contribution in [1.29, 1.82) is 0 Å². The van der Waals surface area contributed by atoms with Crippen LogP contribution in [0.5, 0.6) is 0 Å². The van der Waals surface area contributed by atoms with E-state index in [9.17, 15) is 9.59 Å². The van der Waals surface area contributed by atoms with Crippen LogP contribution in [0.2, 0.25) is 0 Å². The minimum atomic E-state index is -0.803. The molecule has 2 N–H and O–H groups in total. The first-order chi connectivity index (χ1) is 10.2. The summed E-state index contributed by atoms with van der Waals surface area (Å²) in [4.78, 5) is 25.1. The molecule has 0 aromatic carbocycles. The van der Waals surface area contributed by atoms with E-state index >= 15 is 0 Å². The molecule has 0 bridgehead atoms. The van der Waals surface area contributed by atoms with Crippen LogP contribution in [-0.4, -0.2) is 51.3 Å². The minimum absolute atomic E-state index is 0.174. The van der Waals surface area contributed by atoms with E-state index in [0.29, 0.717) is 13.1 Å². The molecule has 2 heterocycles. The fraction of sp³-hybridized carbons (Fsp3) is 0.667. The molecule has 1 fully saturated rings. The smallest absolute Gasteiger partial charge is 0.324 e. The summed E-state index contributed by atoms with van der Waals surface area (Å²) in [7, 11) is 0. The lowest BCUT2D eigenvalue weighted by molar-refractivity contribution is -0.130. The van der Waals surface area contributed by atoms with Crippen LogP contribution in [0.1, 0.15) is 39.3 Å². The van der Waals surface area contributed by atoms with Gasteiger partial charge < -0.3 is 10.6 Å².